The van der Waals surface area contributed by atoms with E-state index in [-0.39, 0.29) is 11.8 Å². The molecule has 0 amide bonds. The number of amidine groups is 1. The molecule has 0 spiro atoms. The first-order chi connectivity index (χ1) is 24.3. The molecule has 0 saturated carbocycles. The zero-order chi connectivity index (χ0) is 32.3. The Kier molecular flexibility index (Phi) is 6.48. The molecule has 0 N–H and O–H groups in total. The van der Waals surface area contributed by atoms with Crippen LogP contribution in [0.25, 0.3) is 50.2 Å². The van der Waals surface area contributed by atoms with Gasteiger partial charge in [0, 0.05) is 45.5 Å². The number of hydrogen-bond donors (Lipinski definition) is 0. The number of aromatic nitrogens is 2. The van der Waals surface area contributed by atoms with Crippen LogP contribution in [0.2, 0.25) is 0 Å². The summed E-state index contributed by atoms with van der Waals surface area (Å²) in [5.41, 5.74) is 12.5. The van der Waals surface area contributed by atoms with Gasteiger partial charge >= 0.3 is 0 Å². The van der Waals surface area contributed by atoms with Gasteiger partial charge in [0.1, 0.15) is 5.84 Å². The number of rotatable bonds is 4. The lowest BCUT2D eigenvalue weighted by Gasteiger charge is -2.29. The fourth-order valence-corrected chi connectivity index (χ4v) is 8.26. The van der Waals surface area contributed by atoms with E-state index in [2.05, 4.69) is 143 Å². The predicted molar refractivity (Wildman–Crippen MR) is 205 cm³/mol. The van der Waals surface area contributed by atoms with Crippen molar-refractivity contribution in [3.63, 3.8) is 0 Å². The van der Waals surface area contributed by atoms with E-state index in [9.17, 15) is 0 Å². The lowest BCUT2D eigenvalue weighted by atomic mass is 9.84. The van der Waals surface area contributed by atoms with Crippen molar-refractivity contribution in [3.05, 3.63) is 174 Å². The van der Waals surface area contributed by atoms with Gasteiger partial charge in [0.25, 0.3) is 0 Å². The molecule has 2 atom stereocenters. The number of fused-ring (bicyclic) bond motifs is 10. The molecule has 3 aliphatic rings. The maximum absolute atomic E-state index is 5.21. The lowest BCUT2D eigenvalue weighted by molar-refractivity contribution is 0.759. The van der Waals surface area contributed by atoms with E-state index in [1.165, 1.54) is 60.9 Å². The van der Waals surface area contributed by atoms with E-state index >= 15 is 0 Å². The fraction of sp³-hybridized carbons (Fsp3) is 0.111. The molecule has 0 fully saturated rings. The van der Waals surface area contributed by atoms with Gasteiger partial charge in [0.2, 0.25) is 0 Å². The number of aliphatic imine (C=N–C) groups is 2. The Morgan fingerprint density at radius 1 is 0.694 bits per heavy atom. The SMILES string of the molecule is C1=CCC(C(N=Cc2ccccc2)=NCc2ccc3c(c2)-n2c4ccccc4c4cccc(c42)C2CC=Cc4c2n-3c2ccccc42)C=C1. The van der Waals surface area contributed by atoms with Gasteiger partial charge in [-0.1, -0.05) is 127 Å². The summed E-state index contributed by atoms with van der Waals surface area (Å²) in [4.78, 5) is 10.2. The Morgan fingerprint density at radius 2 is 1.49 bits per heavy atom. The average Bonchev–Trinajstić information content (AvgIpc) is 3.68. The van der Waals surface area contributed by atoms with Crippen molar-refractivity contribution in [2.45, 2.75) is 25.3 Å². The van der Waals surface area contributed by atoms with E-state index in [4.69, 9.17) is 9.98 Å². The number of hydrogen-bond acceptors (Lipinski definition) is 1. The van der Waals surface area contributed by atoms with Crippen molar-refractivity contribution in [2.24, 2.45) is 15.9 Å². The summed E-state index contributed by atoms with van der Waals surface area (Å²) in [5, 5.41) is 3.89. The van der Waals surface area contributed by atoms with E-state index in [1.807, 2.05) is 24.4 Å². The van der Waals surface area contributed by atoms with Gasteiger partial charge in [-0.05, 0) is 53.8 Å². The van der Waals surface area contributed by atoms with E-state index in [1.54, 1.807) is 0 Å². The van der Waals surface area contributed by atoms with E-state index < -0.39 is 0 Å². The second-order valence-corrected chi connectivity index (χ2v) is 13.3. The van der Waals surface area contributed by atoms with Crippen LogP contribution in [0.4, 0.5) is 0 Å². The van der Waals surface area contributed by atoms with Gasteiger partial charge in [-0.25, -0.2) is 4.99 Å². The first-order valence-electron chi connectivity index (χ1n) is 17.3. The van der Waals surface area contributed by atoms with Gasteiger partial charge in [-0.15, -0.1) is 0 Å². The fourth-order valence-electron chi connectivity index (χ4n) is 8.26. The minimum atomic E-state index is 0.150. The molecule has 10 rings (SSSR count). The molecule has 0 bridgehead atoms. The average molecular weight is 631 g/mol. The normalized spacial score (nSPS) is 17.9. The minimum Gasteiger partial charge on any atom is -0.310 e. The van der Waals surface area contributed by atoms with Crippen LogP contribution in [0, 0.1) is 5.92 Å². The highest BCUT2D eigenvalue weighted by atomic mass is 15.1. The maximum atomic E-state index is 5.21. The quantitative estimate of drug-likeness (QED) is 0.137. The molecule has 7 aromatic rings. The highest BCUT2D eigenvalue weighted by Gasteiger charge is 2.33. The van der Waals surface area contributed by atoms with Crippen LogP contribution < -0.4 is 0 Å². The Bertz CT molecular complexity index is 2590. The summed E-state index contributed by atoms with van der Waals surface area (Å²) in [6.07, 6.45) is 17.2. The molecule has 4 heteroatoms. The van der Waals surface area contributed by atoms with Gasteiger partial charge in [-0.3, -0.25) is 4.99 Å². The highest BCUT2D eigenvalue weighted by Crippen LogP contribution is 2.48. The van der Waals surface area contributed by atoms with Crippen LogP contribution in [0.1, 0.15) is 46.7 Å². The molecule has 3 heterocycles. The van der Waals surface area contributed by atoms with Gasteiger partial charge in [-0.2, -0.15) is 0 Å². The maximum Gasteiger partial charge on any atom is 0.130 e. The van der Waals surface area contributed by atoms with Gasteiger partial charge < -0.3 is 9.13 Å². The first-order valence-corrected chi connectivity index (χ1v) is 17.3. The summed E-state index contributed by atoms with van der Waals surface area (Å²) >= 11 is 0. The van der Waals surface area contributed by atoms with Crippen molar-refractivity contribution < 1.29 is 0 Å². The molecule has 0 radical (unpaired) electrons. The van der Waals surface area contributed by atoms with Gasteiger partial charge in [0.05, 0.1) is 34.5 Å². The van der Waals surface area contributed by atoms with Gasteiger partial charge in [0.15, 0.2) is 0 Å². The van der Waals surface area contributed by atoms with Crippen LogP contribution >= 0.6 is 0 Å². The molecule has 1 aliphatic heterocycles. The smallest absolute Gasteiger partial charge is 0.130 e. The molecule has 2 aliphatic carbocycles. The summed E-state index contributed by atoms with van der Waals surface area (Å²) in [6.45, 7) is 0.544. The zero-order valence-corrected chi connectivity index (χ0v) is 27.1. The number of para-hydroxylation sites is 3. The van der Waals surface area contributed by atoms with E-state index in [0.717, 1.165) is 29.8 Å². The molecular weight excluding hydrogens is 597 g/mol. The van der Waals surface area contributed by atoms with Crippen LogP contribution in [0.15, 0.2) is 156 Å². The van der Waals surface area contributed by atoms with Crippen molar-refractivity contribution in [1.29, 1.82) is 0 Å². The molecule has 2 unspecified atom stereocenters. The second-order valence-electron chi connectivity index (χ2n) is 13.3. The second kappa shape index (κ2) is 11.3. The summed E-state index contributed by atoms with van der Waals surface area (Å²) in [6, 6.07) is 41.9. The Hall–Kier alpha value is -6.00. The lowest BCUT2D eigenvalue weighted by Crippen LogP contribution is -2.17. The molecule has 234 valence electrons. The van der Waals surface area contributed by atoms with Crippen LogP contribution in [-0.2, 0) is 6.54 Å². The Balaban J connectivity index is 1.20. The Labute approximate surface area is 285 Å². The third-order valence-corrected chi connectivity index (χ3v) is 10.4. The third-order valence-electron chi connectivity index (χ3n) is 10.4. The number of nitrogens with zero attached hydrogens (tertiary/aromatic N) is 4. The van der Waals surface area contributed by atoms with Crippen molar-refractivity contribution in [1.82, 2.24) is 9.13 Å². The summed E-state index contributed by atoms with van der Waals surface area (Å²) in [5.74, 6) is 1.26. The highest BCUT2D eigenvalue weighted by molar-refractivity contribution is 6.11. The molecule has 4 nitrogen and oxygen atoms in total. The molecular formula is C45H34N4. The molecule has 2 aromatic heterocycles. The number of allylic oxidation sites excluding steroid dienone is 4. The third kappa shape index (κ3) is 4.44. The standard InChI is InChI=1S/C45H34N4/c1-3-13-30(14-4-1)28-46-45(32-15-5-2-6-16-32)47-29-31-25-26-41-42(27-31)49-40-24-10-8-18-34(40)36-20-12-22-38(44(36)49)37-21-11-19-35-33-17-7-9-23-39(33)48(41)43(35)37/h1-15,17-20,22-28,32,37H,16,21,29H2. The monoisotopic (exact) mass is 630 g/mol. The summed E-state index contributed by atoms with van der Waals surface area (Å²) in [7, 11) is 0. The van der Waals surface area contributed by atoms with Crippen LogP contribution in [0.5, 0.6) is 0 Å². The topological polar surface area (TPSA) is 34.6 Å². The number of benzene rings is 5. The largest absolute Gasteiger partial charge is 0.310 e. The van der Waals surface area contributed by atoms with Crippen molar-refractivity contribution in [2.75, 3.05) is 0 Å². The van der Waals surface area contributed by atoms with Crippen molar-refractivity contribution >= 4 is 50.8 Å². The molecule has 5 aromatic carbocycles. The van der Waals surface area contributed by atoms with Crippen LogP contribution in [0.3, 0.4) is 0 Å². The van der Waals surface area contributed by atoms with E-state index in [0.29, 0.717) is 6.54 Å². The molecule has 0 saturated heterocycles. The first kappa shape index (κ1) is 28.1. The zero-order valence-electron chi connectivity index (χ0n) is 27.1. The minimum absolute atomic E-state index is 0.150. The Morgan fingerprint density at radius 3 is 2.35 bits per heavy atom. The van der Waals surface area contributed by atoms with Crippen LogP contribution in [-0.4, -0.2) is 21.2 Å². The summed E-state index contributed by atoms with van der Waals surface area (Å²) < 4.78 is 5.08. The predicted octanol–water partition coefficient (Wildman–Crippen LogP) is 10.7. The van der Waals surface area contributed by atoms with Crippen molar-refractivity contribution in [3.8, 4) is 11.4 Å². The molecule has 49 heavy (non-hydrogen) atoms.